The number of allylic oxidation sites excluding steroid dienone is 2. The van der Waals surface area contributed by atoms with Crippen LogP contribution in [0.15, 0.2) is 72.8 Å². The smallest absolute Gasteiger partial charge is 0.120 e. The van der Waals surface area contributed by atoms with E-state index in [1.54, 1.807) is 0 Å². The van der Waals surface area contributed by atoms with Gasteiger partial charge in [0.1, 0.15) is 5.60 Å². The molecule has 2 aromatic carbocycles. The summed E-state index contributed by atoms with van der Waals surface area (Å²) in [6.45, 7) is 4.00. The minimum atomic E-state index is -0.303. The third-order valence-electron chi connectivity index (χ3n) is 5.24. The van der Waals surface area contributed by atoms with Crippen molar-refractivity contribution in [2.45, 2.75) is 51.6 Å². The predicted octanol–water partition coefficient (Wildman–Crippen LogP) is 6.74. The molecule has 3 rings (SSSR count). The van der Waals surface area contributed by atoms with E-state index in [1.807, 2.05) is 33.1 Å². The van der Waals surface area contributed by atoms with Crippen LogP contribution >= 0.6 is 0 Å². The summed E-state index contributed by atoms with van der Waals surface area (Å²) < 4.78 is 6.25. The largest absolute Gasteiger partial charge is 0.368 e. The van der Waals surface area contributed by atoms with E-state index in [-0.39, 0.29) is 5.60 Å². The van der Waals surface area contributed by atoms with Crippen LogP contribution in [0.5, 0.6) is 0 Å². The lowest BCUT2D eigenvalue weighted by Crippen LogP contribution is -2.39. The van der Waals surface area contributed by atoms with E-state index in [2.05, 4.69) is 60.7 Å². The Bertz CT molecular complexity index is 566. The minimum absolute atomic E-state index is 0.303. The standard InChI is InChI=1S/C20H24O.C4H8/c1-21-20(17-11-5-2-6-12-17,18-13-7-3-8-14-18)19-15-9-4-10-16-19;1-3-4-2/h2-3,5-8,11-14,19H,4,9-10,15-16H2,1H3;3-4H,1-2H3/b;4-3-. The Balaban J connectivity index is 0.000000511. The first-order valence-electron chi connectivity index (χ1n) is 9.53. The highest BCUT2D eigenvalue weighted by Crippen LogP contribution is 2.46. The summed E-state index contributed by atoms with van der Waals surface area (Å²) in [6.07, 6.45) is 10.5. The van der Waals surface area contributed by atoms with E-state index in [4.69, 9.17) is 4.74 Å². The highest BCUT2D eigenvalue weighted by Gasteiger charge is 2.42. The lowest BCUT2D eigenvalue weighted by atomic mass is 9.70. The summed E-state index contributed by atoms with van der Waals surface area (Å²) in [6, 6.07) is 21.5. The zero-order chi connectivity index (χ0) is 18.0. The molecular weight excluding hydrogens is 304 g/mol. The first kappa shape index (κ1) is 19.5. The molecule has 0 saturated heterocycles. The molecule has 0 atom stereocenters. The molecule has 0 unspecified atom stereocenters. The summed E-state index contributed by atoms with van der Waals surface area (Å²) in [7, 11) is 1.87. The van der Waals surface area contributed by atoms with Crippen LogP contribution in [-0.2, 0) is 10.3 Å². The van der Waals surface area contributed by atoms with Gasteiger partial charge in [0.15, 0.2) is 0 Å². The van der Waals surface area contributed by atoms with E-state index in [1.165, 1.54) is 43.2 Å². The molecule has 1 nitrogen and oxygen atoms in total. The van der Waals surface area contributed by atoms with Crippen molar-refractivity contribution >= 4 is 0 Å². The van der Waals surface area contributed by atoms with Crippen LogP contribution in [0.3, 0.4) is 0 Å². The average molecular weight is 337 g/mol. The Kier molecular flexibility index (Phi) is 7.94. The Morgan fingerprint density at radius 1 is 0.760 bits per heavy atom. The highest BCUT2D eigenvalue weighted by atomic mass is 16.5. The maximum Gasteiger partial charge on any atom is 0.120 e. The number of hydrogen-bond donors (Lipinski definition) is 0. The maximum atomic E-state index is 6.25. The van der Waals surface area contributed by atoms with Gasteiger partial charge in [0.05, 0.1) is 0 Å². The van der Waals surface area contributed by atoms with E-state index in [9.17, 15) is 0 Å². The fourth-order valence-corrected chi connectivity index (χ4v) is 3.92. The normalized spacial score (nSPS) is 15.6. The van der Waals surface area contributed by atoms with E-state index in [0.717, 1.165) is 0 Å². The van der Waals surface area contributed by atoms with Crippen LogP contribution in [0.1, 0.15) is 57.1 Å². The van der Waals surface area contributed by atoms with Crippen molar-refractivity contribution < 1.29 is 4.74 Å². The van der Waals surface area contributed by atoms with Crippen molar-refractivity contribution in [2.24, 2.45) is 5.92 Å². The van der Waals surface area contributed by atoms with Crippen LogP contribution in [-0.4, -0.2) is 7.11 Å². The number of ether oxygens (including phenoxy) is 1. The number of benzene rings is 2. The summed E-state index contributed by atoms with van der Waals surface area (Å²) in [5.41, 5.74) is 2.26. The fourth-order valence-electron chi connectivity index (χ4n) is 3.92. The molecule has 134 valence electrons. The summed E-state index contributed by atoms with van der Waals surface area (Å²) in [5.74, 6) is 0.557. The van der Waals surface area contributed by atoms with Gasteiger partial charge in [-0.1, -0.05) is 92.1 Å². The monoisotopic (exact) mass is 336 g/mol. The van der Waals surface area contributed by atoms with Gasteiger partial charge >= 0.3 is 0 Å². The molecule has 0 heterocycles. The number of methoxy groups -OCH3 is 1. The quantitative estimate of drug-likeness (QED) is 0.562. The third kappa shape index (κ3) is 4.61. The third-order valence-corrected chi connectivity index (χ3v) is 5.24. The highest BCUT2D eigenvalue weighted by molar-refractivity contribution is 5.37. The van der Waals surface area contributed by atoms with Crippen LogP contribution in [0.2, 0.25) is 0 Å². The molecule has 1 heteroatoms. The van der Waals surface area contributed by atoms with Crippen molar-refractivity contribution in [1.82, 2.24) is 0 Å². The molecule has 25 heavy (non-hydrogen) atoms. The molecule has 0 radical (unpaired) electrons. The minimum Gasteiger partial charge on any atom is -0.368 e. The zero-order valence-corrected chi connectivity index (χ0v) is 15.9. The second-order valence-corrected chi connectivity index (χ2v) is 6.67. The van der Waals surface area contributed by atoms with Gasteiger partial charge in [0, 0.05) is 7.11 Å². The van der Waals surface area contributed by atoms with E-state index < -0.39 is 0 Å². The molecule has 1 fully saturated rings. The van der Waals surface area contributed by atoms with E-state index >= 15 is 0 Å². The van der Waals surface area contributed by atoms with Gasteiger partial charge < -0.3 is 4.74 Å². The average Bonchev–Trinajstić information content (AvgIpc) is 2.72. The molecule has 0 spiro atoms. The summed E-state index contributed by atoms with van der Waals surface area (Å²) >= 11 is 0. The van der Waals surface area contributed by atoms with Gasteiger partial charge in [-0.05, 0) is 43.7 Å². The van der Waals surface area contributed by atoms with Crippen LogP contribution in [0, 0.1) is 5.92 Å². The Morgan fingerprint density at radius 2 is 1.20 bits per heavy atom. The second kappa shape index (κ2) is 10.2. The van der Waals surface area contributed by atoms with Crippen molar-refractivity contribution in [1.29, 1.82) is 0 Å². The van der Waals surface area contributed by atoms with Crippen molar-refractivity contribution in [2.75, 3.05) is 7.11 Å². The second-order valence-electron chi connectivity index (χ2n) is 6.67. The number of hydrogen-bond acceptors (Lipinski definition) is 1. The fraction of sp³-hybridized carbons (Fsp3) is 0.417. The van der Waals surface area contributed by atoms with Gasteiger partial charge in [0.25, 0.3) is 0 Å². The van der Waals surface area contributed by atoms with Gasteiger partial charge in [-0.2, -0.15) is 0 Å². The molecule has 1 saturated carbocycles. The zero-order valence-electron chi connectivity index (χ0n) is 15.9. The number of rotatable bonds is 4. The topological polar surface area (TPSA) is 9.23 Å². The molecule has 2 aromatic rings. The molecule has 0 N–H and O–H groups in total. The molecular formula is C24H32O. The summed E-state index contributed by atoms with van der Waals surface area (Å²) in [4.78, 5) is 0. The predicted molar refractivity (Wildman–Crippen MR) is 108 cm³/mol. The van der Waals surface area contributed by atoms with Crippen LogP contribution in [0.4, 0.5) is 0 Å². The lowest BCUT2D eigenvalue weighted by molar-refractivity contribution is -0.0420. The molecule has 1 aliphatic rings. The van der Waals surface area contributed by atoms with Gasteiger partial charge in [0.2, 0.25) is 0 Å². The first-order chi connectivity index (χ1) is 12.3. The Labute approximate surface area is 153 Å². The SMILES string of the molecule is C/C=C\C.COC(c1ccccc1)(c1ccccc1)C1CCCCC1. The Morgan fingerprint density at radius 3 is 1.56 bits per heavy atom. The van der Waals surface area contributed by atoms with Gasteiger partial charge in [-0.15, -0.1) is 0 Å². The van der Waals surface area contributed by atoms with Gasteiger partial charge in [-0.3, -0.25) is 0 Å². The van der Waals surface area contributed by atoms with Crippen molar-refractivity contribution in [3.63, 3.8) is 0 Å². The van der Waals surface area contributed by atoms with Crippen molar-refractivity contribution in [3.05, 3.63) is 83.9 Å². The van der Waals surface area contributed by atoms with E-state index in [0.29, 0.717) is 5.92 Å². The molecule has 0 bridgehead atoms. The van der Waals surface area contributed by atoms with Crippen LogP contribution in [0.25, 0.3) is 0 Å². The molecule has 1 aliphatic carbocycles. The molecule has 0 aliphatic heterocycles. The molecule has 0 aromatic heterocycles. The van der Waals surface area contributed by atoms with Crippen LogP contribution < -0.4 is 0 Å². The summed E-state index contributed by atoms with van der Waals surface area (Å²) in [5, 5.41) is 0. The molecule has 0 amide bonds. The van der Waals surface area contributed by atoms with Crippen molar-refractivity contribution in [3.8, 4) is 0 Å². The van der Waals surface area contributed by atoms with Gasteiger partial charge in [-0.25, -0.2) is 0 Å². The lowest BCUT2D eigenvalue weighted by Gasteiger charge is -2.42. The first-order valence-corrected chi connectivity index (χ1v) is 9.53. The Hall–Kier alpha value is -1.86. The maximum absolute atomic E-state index is 6.25.